The third-order valence-corrected chi connectivity index (χ3v) is 3.37. The van der Waals surface area contributed by atoms with Crippen LogP contribution in [0.1, 0.15) is 23.8 Å². The number of guanidine groups is 1. The van der Waals surface area contributed by atoms with E-state index in [1.54, 1.807) is 6.26 Å². The molecule has 0 unspecified atom stereocenters. The fraction of sp³-hybridized carbons (Fsp3) is 0.389. The van der Waals surface area contributed by atoms with Crippen LogP contribution in [0.2, 0.25) is 0 Å². The average Bonchev–Trinajstić information content (AvgIpc) is 3.04. The first kappa shape index (κ1) is 17.1. The van der Waals surface area contributed by atoms with Gasteiger partial charge in [-0.25, -0.2) is 4.99 Å². The number of hydrogen-bond acceptors (Lipinski definition) is 3. The Kier molecular flexibility index (Phi) is 6.69. The summed E-state index contributed by atoms with van der Waals surface area (Å²) < 4.78 is 5.34. The molecule has 23 heavy (non-hydrogen) atoms. The second kappa shape index (κ2) is 9.00. The van der Waals surface area contributed by atoms with Gasteiger partial charge in [-0.05, 0) is 44.3 Å². The van der Waals surface area contributed by atoms with Crippen molar-refractivity contribution in [2.24, 2.45) is 4.99 Å². The molecule has 0 spiro atoms. The van der Waals surface area contributed by atoms with Gasteiger partial charge in [0.15, 0.2) is 5.96 Å². The fourth-order valence-corrected chi connectivity index (χ4v) is 2.30. The van der Waals surface area contributed by atoms with Gasteiger partial charge in [0.25, 0.3) is 0 Å². The van der Waals surface area contributed by atoms with E-state index in [0.717, 1.165) is 24.8 Å². The fourth-order valence-electron chi connectivity index (χ4n) is 2.30. The molecule has 0 aliphatic heterocycles. The van der Waals surface area contributed by atoms with E-state index in [0.29, 0.717) is 13.1 Å². The van der Waals surface area contributed by atoms with Gasteiger partial charge in [0.1, 0.15) is 5.76 Å². The molecule has 0 saturated carbocycles. The SMILES string of the molecule is CCNC(=NCc1ccccc1CN(C)C)NCc1ccco1. The molecule has 2 aromatic rings. The predicted molar refractivity (Wildman–Crippen MR) is 94.2 cm³/mol. The van der Waals surface area contributed by atoms with E-state index in [1.165, 1.54) is 11.1 Å². The number of aliphatic imine (C=N–C) groups is 1. The third-order valence-electron chi connectivity index (χ3n) is 3.37. The normalized spacial score (nSPS) is 11.7. The molecule has 0 bridgehead atoms. The van der Waals surface area contributed by atoms with Crippen LogP contribution in [0.5, 0.6) is 0 Å². The maximum absolute atomic E-state index is 5.34. The highest BCUT2D eigenvalue weighted by Crippen LogP contribution is 2.11. The molecule has 0 fully saturated rings. The lowest BCUT2D eigenvalue weighted by Crippen LogP contribution is -2.36. The summed E-state index contributed by atoms with van der Waals surface area (Å²) in [6.07, 6.45) is 1.68. The lowest BCUT2D eigenvalue weighted by molar-refractivity contribution is 0.401. The number of hydrogen-bond donors (Lipinski definition) is 2. The Bertz CT molecular complexity index is 605. The first-order valence-electron chi connectivity index (χ1n) is 7.95. The Labute approximate surface area is 138 Å². The van der Waals surface area contributed by atoms with E-state index in [-0.39, 0.29) is 0 Å². The van der Waals surface area contributed by atoms with Crippen molar-refractivity contribution in [1.82, 2.24) is 15.5 Å². The van der Waals surface area contributed by atoms with Crippen molar-refractivity contribution in [3.8, 4) is 0 Å². The predicted octanol–water partition coefficient (Wildman–Crippen LogP) is 2.60. The molecule has 124 valence electrons. The van der Waals surface area contributed by atoms with E-state index < -0.39 is 0 Å². The van der Waals surface area contributed by atoms with Gasteiger partial charge in [-0.15, -0.1) is 0 Å². The van der Waals surface area contributed by atoms with Crippen molar-refractivity contribution in [2.45, 2.75) is 26.6 Å². The van der Waals surface area contributed by atoms with Crippen LogP contribution in [-0.4, -0.2) is 31.5 Å². The Balaban J connectivity index is 2.02. The monoisotopic (exact) mass is 314 g/mol. The first-order valence-corrected chi connectivity index (χ1v) is 7.95. The Morgan fingerprint density at radius 3 is 2.52 bits per heavy atom. The number of benzene rings is 1. The highest BCUT2D eigenvalue weighted by molar-refractivity contribution is 5.79. The van der Waals surface area contributed by atoms with Gasteiger partial charge in [0.2, 0.25) is 0 Å². The maximum atomic E-state index is 5.34. The van der Waals surface area contributed by atoms with E-state index in [1.807, 2.05) is 12.1 Å². The standard InChI is InChI=1S/C18H26N4O/c1-4-19-18(21-13-17-10-7-11-23-17)20-12-15-8-5-6-9-16(15)14-22(2)3/h5-11H,4,12-14H2,1-3H3,(H2,19,20,21). The number of nitrogens with zero attached hydrogens (tertiary/aromatic N) is 2. The highest BCUT2D eigenvalue weighted by Gasteiger charge is 2.04. The summed E-state index contributed by atoms with van der Waals surface area (Å²) in [4.78, 5) is 6.85. The lowest BCUT2D eigenvalue weighted by atomic mass is 10.1. The van der Waals surface area contributed by atoms with Gasteiger partial charge in [-0.1, -0.05) is 24.3 Å². The molecule has 0 aliphatic rings. The Morgan fingerprint density at radius 2 is 1.87 bits per heavy atom. The molecular formula is C18H26N4O. The quantitative estimate of drug-likeness (QED) is 0.609. The van der Waals surface area contributed by atoms with Crippen LogP contribution in [0.3, 0.4) is 0 Å². The van der Waals surface area contributed by atoms with E-state index in [2.05, 4.69) is 65.8 Å². The van der Waals surface area contributed by atoms with Gasteiger partial charge in [0.05, 0.1) is 19.4 Å². The van der Waals surface area contributed by atoms with Crippen molar-refractivity contribution in [3.05, 3.63) is 59.5 Å². The molecule has 5 heteroatoms. The van der Waals surface area contributed by atoms with E-state index >= 15 is 0 Å². The van der Waals surface area contributed by atoms with Crippen molar-refractivity contribution in [2.75, 3.05) is 20.6 Å². The second-order valence-corrected chi connectivity index (χ2v) is 5.63. The van der Waals surface area contributed by atoms with Crippen molar-refractivity contribution < 1.29 is 4.42 Å². The molecule has 0 radical (unpaired) electrons. The molecule has 2 rings (SSSR count). The first-order chi connectivity index (χ1) is 11.2. The summed E-state index contributed by atoms with van der Waals surface area (Å²) in [5.74, 6) is 1.69. The summed E-state index contributed by atoms with van der Waals surface area (Å²) >= 11 is 0. The lowest BCUT2D eigenvalue weighted by Gasteiger charge is -2.14. The van der Waals surface area contributed by atoms with Crippen LogP contribution in [0, 0.1) is 0 Å². The number of rotatable bonds is 7. The molecule has 2 N–H and O–H groups in total. The molecule has 0 amide bonds. The average molecular weight is 314 g/mol. The molecular weight excluding hydrogens is 288 g/mol. The van der Waals surface area contributed by atoms with Crippen LogP contribution in [0.15, 0.2) is 52.1 Å². The van der Waals surface area contributed by atoms with Crippen molar-refractivity contribution >= 4 is 5.96 Å². The number of furan rings is 1. The summed E-state index contributed by atoms with van der Waals surface area (Å²) in [6.45, 7) is 5.07. The van der Waals surface area contributed by atoms with Crippen molar-refractivity contribution in [1.29, 1.82) is 0 Å². The third kappa shape index (κ3) is 5.79. The molecule has 1 aromatic heterocycles. The second-order valence-electron chi connectivity index (χ2n) is 5.63. The van der Waals surface area contributed by atoms with Gasteiger partial charge in [-0.2, -0.15) is 0 Å². The van der Waals surface area contributed by atoms with Crippen LogP contribution >= 0.6 is 0 Å². The zero-order chi connectivity index (χ0) is 16.5. The van der Waals surface area contributed by atoms with Gasteiger partial charge in [-0.3, -0.25) is 0 Å². The summed E-state index contributed by atoms with van der Waals surface area (Å²) in [7, 11) is 4.16. The summed E-state index contributed by atoms with van der Waals surface area (Å²) in [6, 6.07) is 12.3. The minimum Gasteiger partial charge on any atom is -0.467 e. The Morgan fingerprint density at radius 1 is 1.09 bits per heavy atom. The largest absolute Gasteiger partial charge is 0.467 e. The number of nitrogens with one attached hydrogen (secondary N) is 2. The summed E-state index contributed by atoms with van der Waals surface area (Å²) in [5.41, 5.74) is 2.56. The van der Waals surface area contributed by atoms with Crippen molar-refractivity contribution in [3.63, 3.8) is 0 Å². The zero-order valence-corrected chi connectivity index (χ0v) is 14.2. The topological polar surface area (TPSA) is 52.8 Å². The molecule has 1 aromatic carbocycles. The van der Waals surface area contributed by atoms with Crippen LogP contribution in [0.4, 0.5) is 0 Å². The summed E-state index contributed by atoms with van der Waals surface area (Å²) in [5, 5.41) is 6.55. The Hall–Kier alpha value is -2.27. The van der Waals surface area contributed by atoms with Gasteiger partial charge in [0, 0.05) is 13.1 Å². The smallest absolute Gasteiger partial charge is 0.191 e. The van der Waals surface area contributed by atoms with Crippen LogP contribution in [-0.2, 0) is 19.6 Å². The molecule has 0 aliphatic carbocycles. The van der Waals surface area contributed by atoms with Gasteiger partial charge < -0.3 is 20.0 Å². The zero-order valence-electron chi connectivity index (χ0n) is 14.2. The van der Waals surface area contributed by atoms with Crippen LogP contribution < -0.4 is 10.6 Å². The van der Waals surface area contributed by atoms with Crippen LogP contribution in [0.25, 0.3) is 0 Å². The molecule has 0 atom stereocenters. The highest BCUT2D eigenvalue weighted by atomic mass is 16.3. The molecule has 5 nitrogen and oxygen atoms in total. The van der Waals surface area contributed by atoms with Gasteiger partial charge >= 0.3 is 0 Å². The molecule has 0 saturated heterocycles. The van der Waals surface area contributed by atoms with E-state index in [9.17, 15) is 0 Å². The minimum absolute atomic E-state index is 0.623. The maximum Gasteiger partial charge on any atom is 0.191 e. The molecule has 1 heterocycles. The van der Waals surface area contributed by atoms with E-state index in [4.69, 9.17) is 4.42 Å². The minimum atomic E-state index is 0.623.